The van der Waals surface area contributed by atoms with Gasteiger partial charge in [0.25, 0.3) is 0 Å². The van der Waals surface area contributed by atoms with Gasteiger partial charge in [-0.3, -0.25) is 0 Å². The molecule has 19 heavy (non-hydrogen) atoms. The highest BCUT2D eigenvalue weighted by Crippen LogP contribution is 2.25. The minimum Gasteiger partial charge on any atom is -0.457 e. The largest absolute Gasteiger partial charge is 0.457 e. The van der Waals surface area contributed by atoms with Gasteiger partial charge in [-0.2, -0.15) is 0 Å². The van der Waals surface area contributed by atoms with E-state index in [1.54, 1.807) is 0 Å². The smallest absolute Gasteiger partial charge is 0.380 e. The molecule has 0 N–H and O–H groups in total. The zero-order valence-corrected chi connectivity index (χ0v) is 13.7. The van der Waals surface area contributed by atoms with Crippen LogP contribution < -0.4 is 0 Å². The van der Waals surface area contributed by atoms with Crippen molar-refractivity contribution in [3.63, 3.8) is 0 Å². The second-order valence-corrected chi connectivity index (χ2v) is 7.86. The van der Waals surface area contributed by atoms with Crippen LogP contribution in [0.3, 0.4) is 0 Å². The monoisotopic (exact) mass is 288 g/mol. The van der Waals surface area contributed by atoms with E-state index in [0.717, 1.165) is 25.3 Å². The Labute approximate surface area is 118 Å². The average Bonchev–Trinajstić information content (AvgIpc) is 2.42. The number of carbonyl (C=O) groups excluding carboxylic acids is 1. The summed E-state index contributed by atoms with van der Waals surface area (Å²) in [4.78, 5) is 11.5. The number of carbonyl (C=O) groups is 1. The quantitative estimate of drug-likeness (QED) is 0.332. The number of hydrogen-bond acceptors (Lipinski definition) is 4. The van der Waals surface area contributed by atoms with Crippen molar-refractivity contribution in [2.45, 2.75) is 58.7 Å². The van der Waals surface area contributed by atoms with Crippen molar-refractivity contribution < 1.29 is 18.4 Å². The Hall–Kier alpha value is -0.653. The topological polar surface area (TPSA) is 44.8 Å². The summed E-state index contributed by atoms with van der Waals surface area (Å²) < 4.78 is 17.4. The first-order valence-corrected chi connectivity index (χ1v) is 9.31. The Morgan fingerprint density at radius 3 is 2.16 bits per heavy atom. The molecular formula is C14H28O4Si. The minimum absolute atomic E-state index is 0.261. The van der Waals surface area contributed by atoms with Crippen molar-refractivity contribution >= 4 is 14.5 Å². The summed E-state index contributed by atoms with van der Waals surface area (Å²) in [5.74, 6) is -0.397. The Bertz CT molecular complexity index is 262. The number of rotatable bonds is 11. The van der Waals surface area contributed by atoms with Crippen LogP contribution in [0.15, 0.2) is 12.7 Å². The summed E-state index contributed by atoms with van der Waals surface area (Å²) in [7, 11) is -2.51. The Kier molecular flexibility index (Phi) is 9.82. The zero-order valence-electron chi connectivity index (χ0n) is 12.7. The standard InChI is InChI=1S/C14H28O4Si/c1-6-11-12-14(18-13(15)7-2)19(10-5,16-8-3)17-9-4/h7,14H,2,6,8-12H2,1,3-5H3. The molecule has 0 bridgehead atoms. The average molecular weight is 288 g/mol. The molecule has 0 fully saturated rings. The van der Waals surface area contributed by atoms with E-state index < -0.39 is 14.5 Å². The lowest BCUT2D eigenvalue weighted by Gasteiger charge is -2.35. The highest BCUT2D eigenvalue weighted by molar-refractivity contribution is 6.68. The molecule has 1 unspecified atom stereocenters. The summed E-state index contributed by atoms with van der Waals surface area (Å²) in [5, 5.41) is 0. The summed E-state index contributed by atoms with van der Waals surface area (Å²) in [5.41, 5.74) is -0.261. The van der Waals surface area contributed by atoms with Crippen molar-refractivity contribution in [2.24, 2.45) is 0 Å². The lowest BCUT2D eigenvalue weighted by molar-refractivity contribution is -0.141. The Balaban J connectivity index is 5.06. The predicted octanol–water partition coefficient (Wildman–Crippen LogP) is 3.35. The normalized spacial score (nSPS) is 13.1. The van der Waals surface area contributed by atoms with Gasteiger partial charge in [0, 0.05) is 19.3 Å². The van der Waals surface area contributed by atoms with Gasteiger partial charge in [-0.1, -0.05) is 33.3 Å². The van der Waals surface area contributed by atoms with Crippen LogP contribution in [0.1, 0.15) is 47.0 Å². The van der Waals surface area contributed by atoms with Gasteiger partial charge >= 0.3 is 14.5 Å². The molecule has 0 aromatic rings. The molecule has 0 rings (SSSR count). The van der Waals surface area contributed by atoms with Crippen LogP contribution in [0.25, 0.3) is 0 Å². The van der Waals surface area contributed by atoms with E-state index in [1.807, 2.05) is 20.8 Å². The van der Waals surface area contributed by atoms with Crippen LogP contribution in [0.5, 0.6) is 0 Å². The minimum atomic E-state index is -2.51. The van der Waals surface area contributed by atoms with E-state index in [0.29, 0.717) is 13.2 Å². The molecule has 0 spiro atoms. The molecule has 0 aliphatic heterocycles. The third kappa shape index (κ3) is 5.89. The maximum absolute atomic E-state index is 11.5. The Morgan fingerprint density at radius 1 is 1.21 bits per heavy atom. The highest BCUT2D eigenvalue weighted by atomic mass is 28.4. The van der Waals surface area contributed by atoms with E-state index in [9.17, 15) is 4.79 Å². The van der Waals surface area contributed by atoms with Crippen LogP contribution in [-0.4, -0.2) is 33.5 Å². The maximum Gasteiger partial charge on any atom is 0.380 e. The molecule has 1 atom stereocenters. The summed E-state index contributed by atoms with van der Waals surface area (Å²) in [6.07, 6.45) is 4.03. The second-order valence-electron chi connectivity index (χ2n) is 4.30. The molecule has 4 nitrogen and oxygen atoms in total. The van der Waals surface area contributed by atoms with E-state index in [-0.39, 0.29) is 5.73 Å². The predicted molar refractivity (Wildman–Crippen MR) is 79.1 cm³/mol. The maximum atomic E-state index is 11.5. The van der Waals surface area contributed by atoms with Crippen molar-refractivity contribution in [3.05, 3.63) is 12.7 Å². The van der Waals surface area contributed by atoms with Crippen molar-refractivity contribution in [2.75, 3.05) is 13.2 Å². The number of unbranched alkanes of at least 4 members (excludes halogenated alkanes) is 1. The van der Waals surface area contributed by atoms with E-state index in [1.165, 1.54) is 6.08 Å². The van der Waals surface area contributed by atoms with Crippen molar-refractivity contribution in [1.82, 2.24) is 0 Å². The molecule has 0 aliphatic rings. The van der Waals surface area contributed by atoms with Gasteiger partial charge in [0.1, 0.15) is 5.73 Å². The summed E-state index contributed by atoms with van der Waals surface area (Å²) in [6, 6.07) is 0.771. The van der Waals surface area contributed by atoms with Crippen LogP contribution in [0, 0.1) is 0 Å². The fourth-order valence-electron chi connectivity index (χ4n) is 2.09. The van der Waals surface area contributed by atoms with Crippen LogP contribution in [-0.2, 0) is 18.4 Å². The fourth-order valence-corrected chi connectivity index (χ4v) is 5.33. The van der Waals surface area contributed by atoms with Gasteiger partial charge < -0.3 is 13.6 Å². The first-order chi connectivity index (χ1) is 9.10. The van der Waals surface area contributed by atoms with E-state index >= 15 is 0 Å². The lowest BCUT2D eigenvalue weighted by Crippen LogP contribution is -2.55. The van der Waals surface area contributed by atoms with Gasteiger partial charge in [0.05, 0.1) is 0 Å². The molecule has 0 radical (unpaired) electrons. The van der Waals surface area contributed by atoms with Gasteiger partial charge in [-0.15, -0.1) is 0 Å². The van der Waals surface area contributed by atoms with E-state index in [4.69, 9.17) is 13.6 Å². The molecule has 0 aromatic heterocycles. The van der Waals surface area contributed by atoms with Gasteiger partial charge in [-0.25, -0.2) is 4.79 Å². The molecule has 0 heterocycles. The summed E-state index contributed by atoms with van der Waals surface area (Å²) in [6.45, 7) is 12.7. The first-order valence-electron chi connectivity index (χ1n) is 7.21. The molecule has 5 heteroatoms. The highest BCUT2D eigenvalue weighted by Gasteiger charge is 2.46. The third-order valence-electron chi connectivity index (χ3n) is 3.01. The lowest BCUT2D eigenvalue weighted by atomic mass is 10.3. The van der Waals surface area contributed by atoms with Crippen LogP contribution >= 0.6 is 0 Å². The summed E-state index contributed by atoms with van der Waals surface area (Å²) >= 11 is 0. The van der Waals surface area contributed by atoms with Crippen molar-refractivity contribution in [3.8, 4) is 0 Å². The molecule has 0 amide bonds. The fraction of sp³-hybridized carbons (Fsp3) is 0.786. The molecule has 0 aliphatic carbocycles. The first kappa shape index (κ1) is 18.3. The SMILES string of the molecule is C=CC(=O)OC(CCCC)[Si](CC)(OCC)OCC. The third-order valence-corrected chi connectivity index (χ3v) is 6.93. The Morgan fingerprint density at radius 2 is 1.79 bits per heavy atom. The number of esters is 1. The molecule has 0 aromatic carbocycles. The van der Waals surface area contributed by atoms with Gasteiger partial charge in [-0.05, 0) is 26.3 Å². The molecule has 0 saturated heterocycles. The number of ether oxygens (including phenoxy) is 1. The zero-order chi connectivity index (χ0) is 14.7. The molecule has 0 saturated carbocycles. The van der Waals surface area contributed by atoms with Crippen molar-refractivity contribution in [1.29, 1.82) is 0 Å². The van der Waals surface area contributed by atoms with Crippen LogP contribution in [0.4, 0.5) is 0 Å². The second kappa shape index (κ2) is 10.2. The van der Waals surface area contributed by atoms with Crippen LogP contribution in [0.2, 0.25) is 6.04 Å². The van der Waals surface area contributed by atoms with Gasteiger partial charge in [0.2, 0.25) is 0 Å². The van der Waals surface area contributed by atoms with E-state index in [2.05, 4.69) is 13.5 Å². The molecular weight excluding hydrogens is 260 g/mol. The number of hydrogen-bond donors (Lipinski definition) is 0. The van der Waals surface area contributed by atoms with Gasteiger partial charge in [0.15, 0.2) is 0 Å². The molecule has 112 valence electrons.